The molecule has 2 fully saturated rings. The van der Waals surface area contributed by atoms with Crippen molar-refractivity contribution in [2.75, 3.05) is 13.6 Å². The van der Waals surface area contributed by atoms with Crippen LogP contribution in [-0.2, 0) is 9.59 Å². The van der Waals surface area contributed by atoms with Gasteiger partial charge in [0.05, 0.1) is 6.10 Å². The van der Waals surface area contributed by atoms with Crippen LogP contribution in [0.5, 0.6) is 0 Å². The smallest absolute Gasteiger partial charge is 0.244 e. The molecule has 0 aromatic rings. The average molecular weight is 226 g/mol. The van der Waals surface area contributed by atoms with Gasteiger partial charge in [0.2, 0.25) is 11.8 Å². The summed E-state index contributed by atoms with van der Waals surface area (Å²) in [5.74, 6) is 0.216. The van der Waals surface area contributed by atoms with Crippen molar-refractivity contribution in [3.63, 3.8) is 0 Å². The van der Waals surface area contributed by atoms with Crippen LogP contribution in [0.15, 0.2) is 0 Å². The average Bonchev–Trinajstić information content (AvgIpc) is 3.00. The predicted molar refractivity (Wildman–Crippen MR) is 57.5 cm³/mol. The molecule has 90 valence electrons. The van der Waals surface area contributed by atoms with E-state index in [0.717, 1.165) is 12.8 Å². The van der Waals surface area contributed by atoms with E-state index in [0.29, 0.717) is 25.3 Å². The van der Waals surface area contributed by atoms with Crippen molar-refractivity contribution in [1.29, 1.82) is 0 Å². The molecule has 1 heterocycles. The molecule has 0 radical (unpaired) electrons. The molecule has 5 heteroatoms. The summed E-state index contributed by atoms with van der Waals surface area (Å²) in [6, 6.07) is -0.385. The van der Waals surface area contributed by atoms with Gasteiger partial charge in [0, 0.05) is 20.0 Å². The third kappa shape index (κ3) is 2.52. The lowest BCUT2D eigenvalue weighted by atomic mass is 10.2. The zero-order valence-corrected chi connectivity index (χ0v) is 9.48. The van der Waals surface area contributed by atoms with Crippen LogP contribution >= 0.6 is 0 Å². The van der Waals surface area contributed by atoms with Gasteiger partial charge >= 0.3 is 0 Å². The summed E-state index contributed by atoms with van der Waals surface area (Å²) in [6.07, 6.45) is 2.70. The Hall–Kier alpha value is -1.10. The summed E-state index contributed by atoms with van der Waals surface area (Å²) in [4.78, 5) is 24.4. The maximum atomic E-state index is 11.9. The lowest BCUT2D eigenvalue weighted by Crippen LogP contribution is -2.45. The predicted octanol–water partition coefficient (Wildman–Crippen LogP) is -0.506. The lowest BCUT2D eigenvalue weighted by molar-refractivity contribution is -0.134. The van der Waals surface area contributed by atoms with Crippen LogP contribution < -0.4 is 5.32 Å². The normalized spacial score (nSPS) is 26.4. The molecule has 2 atom stereocenters. The number of hydrogen-bond donors (Lipinski definition) is 2. The van der Waals surface area contributed by atoms with Crippen LogP contribution in [0.1, 0.15) is 25.7 Å². The summed E-state index contributed by atoms with van der Waals surface area (Å²) in [5.41, 5.74) is 0. The molecule has 2 amide bonds. The summed E-state index contributed by atoms with van der Waals surface area (Å²) in [6.45, 7) is 0.371. The first-order valence-electron chi connectivity index (χ1n) is 5.80. The molecule has 2 rings (SSSR count). The van der Waals surface area contributed by atoms with Crippen LogP contribution in [0.4, 0.5) is 0 Å². The molecular formula is C11H18N2O3. The Morgan fingerprint density at radius 2 is 2.25 bits per heavy atom. The number of nitrogens with one attached hydrogen (secondary N) is 1. The molecule has 0 bridgehead atoms. The fourth-order valence-electron chi connectivity index (χ4n) is 2.07. The summed E-state index contributed by atoms with van der Waals surface area (Å²) in [7, 11) is 1.68. The topological polar surface area (TPSA) is 69.6 Å². The molecule has 1 saturated heterocycles. The van der Waals surface area contributed by atoms with E-state index < -0.39 is 6.10 Å². The van der Waals surface area contributed by atoms with Gasteiger partial charge in [-0.25, -0.2) is 0 Å². The van der Waals surface area contributed by atoms with Crippen molar-refractivity contribution < 1.29 is 14.7 Å². The van der Waals surface area contributed by atoms with Crippen molar-refractivity contribution in [2.45, 2.75) is 37.8 Å². The second-order valence-electron chi connectivity index (χ2n) is 4.78. The number of aliphatic hydroxyl groups excluding tert-OH is 1. The van der Waals surface area contributed by atoms with Crippen molar-refractivity contribution in [3.05, 3.63) is 0 Å². The molecular weight excluding hydrogens is 208 g/mol. The first kappa shape index (κ1) is 11.4. The van der Waals surface area contributed by atoms with Crippen LogP contribution in [0, 0.1) is 5.92 Å². The molecule has 2 unspecified atom stereocenters. The lowest BCUT2D eigenvalue weighted by Gasteiger charge is -2.23. The van der Waals surface area contributed by atoms with E-state index in [-0.39, 0.29) is 17.9 Å². The third-order valence-electron chi connectivity index (χ3n) is 3.30. The minimum atomic E-state index is -0.411. The van der Waals surface area contributed by atoms with Crippen LogP contribution in [-0.4, -0.2) is 47.6 Å². The zero-order chi connectivity index (χ0) is 11.7. The van der Waals surface area contributed by atoms with E-state index in [2.05, 4.69) is 5.32 Å². The maximum absolute atomic E-state index is 11.9. The van der Waals surface area contributed by atoms with Gasteiger partial charge in [-0.3, -0.25) is 9.59 Å². The van der Waals surface area contributed by atoms with E-state index in [1.807, 2.05) is 0 Å². The number of aliphatic hydroxyl groups is 1. The van der Waals surface area contributed by atoms with Crippen molar-refractivity contribution in [2.24, 2.45) is 5.92 Å². The molecule has 2 N–H and O–H groups in total. The van der Waals surface area contributed by atoms with Crippen molar-refractivity contribution in [1.82, 2.24) is 10.2 Å². The fourth-order valence-corrected chi connectivity index (χ4v) is 2.07. The largest absolute Gasteiger partial charge is 0.391 e. The number of carbonyl (C=O) groups excluding carboxylic acids is 2. The first-order chi connectivity index (χ1) is 7.58. The van der Waals surface area contributed by atoms with Crippen molar-refractivity contribution in [3.8, 4) is 0 Å². The molecule has 1 saturated carbocycles. The highest BCUT2D eigenvalue weighted by Crippen LogP contribution is 2.32. The molecule has 1 aliphatic carbocycles. The van der Waals surface area contributed by atoms with Gasteiger partial charge in [-0.15, -0.1) is 0 Å². The highest BCUT2D eigenvalue weighted by Gasteiger charge is 2.34. The minimum absolute atomic E-state index is 0.0607. The number of likely N-dealkylation sites (N-methyl/N-ethyl adjacent to an activating group) is 1. The Morgan fingerprint density at radius 1 is 1.56 bits per heavy atom. The third-order valence-corrected chi connectivity index (χ3v) is 3.30. The molecule has 16 heavy (non-hydrogen) atoms. The molecule has 0 spiro atoms. The van der Waals surface area contributed by atoms with E-state index in [4.69, 9.17) is 0 Å². The van der Waals surface area contributed by atoms with Gasteiger partial charge in [-0.05, 0) is 25.2 Å². The number of carbonyl (C=O) groups is 2. The zero-order valence-electron chi connectivity index (χ0n) is 9.48. The second kappa shape index (κ2) is 4.41. The van der Waals surface area contributed by atoms with E-state index in [1.165, 1.54) is 4.90 Å². The standard InChI is InChI=1S/C11H18N2O3/c1-13(6-9(14)7-2-3-7)11(16)8-4-5-10(15)12-8/h7-9,14H,2-6H2,1H3,(H,12,15). The van der Waals surface area contributed by atoms with Gasteiger partial charge in [-0.2, -0.15) is 0 Å². The Morgan fingerprint density at radius 3 is 2.75 bits per heavy atom. The molecule has 1 aliphatic heterocycles. The van der Waals surface area contributed by atoms with Gasteiger partial charge in [0.25, 0.3) is 0 Å². The molecule has 0 aromatic heterocycles. The Bertz CT molecular complexity index is 302. The van der Waals surface area contributed by atoms with Gasteiger partial charge in [-0.1, -0.05) is 0 Å². The van der Waals surface area contributed by atoms with Gasteiger partial charge in [0.1, 0.15) is 6.04 Å². The van der Waals surface area contributed by atoms with Crippen LogP contribution in [0.2, 0.25) is 0 Å². The summed E-state index contributed by atoms with van der Waals surface area (Å²) >= 11 is 0. The fraction of sp³-hybridized carbons (Fsp3) is 0.818. The van der Waals surface area contributed by atoms with Crippen LogP contribution in [0.25, 0.3) is 0 Å². The Labute approximate surface area is 94.8 Å². The van der Waals surface area contributed by atoms with Gasteiger partial charge in [0.15, 0.2) is 0 Å². The first-order valence-corrected chi connectivity index (χ1v) is 5.80. The van der Waals surface area contributed by atoms with E-state index >= 15 is 0 Å². The second-order valence-corrected chi connectivity index (χ2v) is 4.78. The SMILES string of the molecule is CN(CC(O)C1CC1)C(=O)C1CCC(=O)N1. The van der Waals surface area contributed by atoms with E-state index in [9.17, 15) is 14.7 Å². The van der Waals surface area contributed by atoms with E-state index in [1.54, 1.807) is 7.05 Å². The minimum Gasteiger partial charge on any atom is -0.391 e. The molecule has 0 aromatic carbocycles. The maximum Gasteiger partial charge on any atom is 0.244 e. The molecule has 5 nitrogen and oxygen atoms in total. The Kier molecular flexibility index (Phi) is 3.14. The monoisotopic (exact) mass is 226 g/mol. The van der Waals surface area contributed by atoms with Crippen molar-refractivity contribution >= 4 is 11.8 Å². The number of amides is 2. The summed E-state index contributed by atoms with van der Waals surface area (Å²) < 4.78 is 0. The van der Waals surface area contributed by atoms with Crippen LogP contribution in [0.3, 0.4) is 0 Å². The number of nitrogens with zero attached hydrogens (tertiary/aromatic N) is 1. The summed E-state index contributed by atoms with van der Waals surface area (Å²) in [5, 5.41) is 12.4. The highest BCUT2D eigenvalue weighted by molar-refractivity contribution is 5.90. The highest BCUT2D eigenvalue weighted by atomic mass is 16.3. The quantitative estimate of drug-likeness (QED) is 0.678. The Balaban J connectivity index is 1.81. The van der Waals surface area contributed by atoms with Gasteiger partial charge < -0.3 is 15.3 Å². The number of hydrogen-bond acceptors (Lipinski definition) is 3. The molecule has 2 aliphatic rings. The number of rotatable bonds is 4.